The molecule has 0 aliphatic heterocycles. The van der Waals surface area contributed by atoms with Gasteiger partial charge < -0.3 is 9.72 Å². The fourth-order valence-corrected chi connectivity index (χ4v) is 3.64. The third-order valence-electron chi connectivity index (χ3n) is 5.10. The van der Waals surface area contributed by atoms with Gasteiger partial charge in [0.1, 0.15) is 0 Å². The minimum absolute atomic E-state index is 0.201. The standard InChI is InChI=1S/C22H21NO3/c1-14-7-9-19-17(11-14)18-12-16(8-10-20(18)23-19)22(25)26-13-21(24)15-5-3-2-4-6-15/h2-6,8,10,12,14,23H,7,9,11,13H2,1H3/t14-/m0/s1. The fraction of sp³-hybridized carbons (Fsp3) is 0.273. The topological polar surface area (TPSA) is 59.2 Å². The molecular weight excluding hydrogens is 326 g/mol. The normalized spacial score (nSPS) is 16.3. The molecule has 4 nitrogen and oxygen atoms in total. The van der Waals surface area contributed by atoms with E-state index in [0.29, 0.717) is 17.0 Å². The van der Waals surface area contributed by atoms with Gasteiger partial charge in [0.25, 0.3) is 0 Å². The van der Waals surface area contributed by atoms with E-state index < -0.39 is 5.97 Å². The summed E-state index contributed by atoms with van der Waals surface area (Å²) in [5.41, 5.74) is 4.68. The SMILES string of the molecule is C[C@H]1CCc2[nH]c3ccc(C(=O)OCC(=O)c4ccccc4)cc3c2C1. The van der Waals surface area contributed by atoms with Gasteiger partial charge in [0, 0.05) is 22.2 Å². The average Bonchev–Trinajstić information content (AvgIpc) is 3.03. The number of fused-ring (bicyclic) bond motifs is 3. The molecule has 2 aromatic carbocycles. The zero-order valence-electron chi connectivity index (χ0n) is 14.7. The Morgan fingerprint density at radius 3 is 2.73 bits per heavy atom. The summed E-state index contributed by atoms with van der Waals surface area (Å²) >= 11 is 0. The molecule has 4 heteroatoms. The molecule has 1 atom stereocenters. The number of carbonyl (C=O) groups excluding carboxylic acids is 2. The first-order valence-corrected chi connectivity index (χ1v) is 9.00. The van der Waals surface area contributed by atoms with E-state index in [1.807, 2.05) is 18.2 Å². The van der Waals surface area contributed by atoms with Crippen LogP contribution in [0.25, 0.3) is 10.9 Å². The summed E-state index contributed by atoms with van der Waals surface area (Å²) < 4.78 is 5.24. The molecular formula is C22H21NO3. The van der Waals surface area contributed by atoms with E-state index >= 15 is 0 Å². The van der Waals surface area contributed by atoms with Crippen LogP contribution in [0, 0.1) is 5.92 Å². The molecule has 0 saturated heterocycles. The molecule has 0 bridgehead atoms. The van der Waals surface area contributed by atoms with Crippen LogP contribution in [0.3, 0.4) is 0 Å². The van der Waals surface area contributed by atoms with Gasteiger partial charge in [0.15, 0.2) is 12.4 Å². The lowest BCUT2D eigenvalue weighted by Gasteiger charge is -2.18. The van der Waals surface area contributed by atoms with Gasteiger partial charge in [-0.2, -0.15) is 0 Å². The molecule has 4 rings (SSSR count). The van der Waals surface area contributed by atoms with E-state index in [9.17, 15) is 9.59 Å². The third-order valence-corrected chi connectivity index (χ3v) is 5.10. The van der Waals surface area contributed by atoms with Crippen molar-refractivity contribution in [1.29, 1.82) is 0 Å². The zero-order valence-corrected chi connectivity index (χ0v) is 14.7. The second kappa shape index (κ2) is 6.79. The van der Waals surface area contributed by atoms with Crippen molar-refractivity contribution >= 4 is 22.7 Å². The number of H-pyrrole nitrogens is 1. The van der Waals surface area contributed by atoms with Crippen LogP contribution >= 0.6 is 0 Å². The Morgan fingerprint density at radius 2 is 1.92 bits per heavy atom. The largest absolute Gasteiger partial charge is 0.454 e. The van der Waals surface area contributed by atoms with Gasteiger partial charge in [-0.25, -0.2) is 4.79 Å². The number of carbonyl (C=O) groups is 2. The number of benzene rings is 2. The number of ketones is 1. The third kappa shape index (κ3) is 3.15. The number of nitrogens with one attached hydrogen (secondary N) is 1. The number of ether oxygens (including phenoxy) is 1. The van der Waals surface area contributed by atoms with Crippen molar-refractivity contribution in [2.75, 3.05) is 6.61 Å². The first kappa shape index (κ1) is 16.6. The molecule has 0 saturated carbocycles. The predicted octanol–water partition coefficient (Wildman–Crippen LogP) is 4.33. The summed E-state index contributed by atoms with van der Waals surface area (Å²) in [7, 11) is 0. The molecule has 0 amide bonds. The van der Waals surface area contributed by atoms with Crippen LogP contribution < -0.4 is 0 Å². The van der Waals surface area contributed by atoms with E-state index in [4.69, 9.17) is 4.74 Å². The van der Waals surface area contributed by atoms with E-state index in [0.717, 1.165) is 23.7 Å². The average molecular weight is 347 g/mol. The van der Waals surface area contributed by atoms with Crippen LogP contribution in [0.5, 0.6) is 0 Å². The van der Waals surface area contributed by atoms with Crippen molar-refractivity contribution < 1.29 is 14.3 Å². The Morgan fingerprint density at radius 1 is 1.12 bits per heavy atom. The lowest BCUT2D eigenvalue weighted by atomic mass is 9.87. The number of hydrogen-bond donors (Lipinski definition) is 1. The molecule has 1 aromatic heterocycles. The van der Waals surface area contributed by atoms with Crippen molar-refractivity contribution in [3.63, 3.8) is 0 Å². The van der Waals surface area contributed by atoms with Crippen LogP contribution in [-0.2, 0) is 17.6 Å². The minimum atomic E-state index is -0.463. The van der Waals surface area contributed by atoms with Gasteiger partial charge in [0.2, 0.25) is 0 Å². The molecule has 132 valence electrons. The maximum absolute atomic E-state index is 12.4. The highest BCUT2D eigenvalue weighted by molar-refractivity contribution is 6.00. The lowest BCUT2D eigenvalue weighted by Crippen LogP contribution is -2.14. The molecule has 0 unspecified atom stereocenters. The summed E-state index contributed by atoms with van der Waals surface area (Å²) in [6.07, 6.45) is 3.27. The minimum Gasteiger partial charge on any atom is -0.454 e. The summed E-state index contributed by atoms with van der Waals surface area (Å²) in [4.78, 5) is 28.0. The van der Waals surface area contributed by atoms with Crippen molar-refractivity contribution in [3.05, 3.63) is 70.9 Å². The van der Waals surface area contributed by atoms with Crippen LogP contribution in [-0.4, -0.2) is 23.3 Å². The number of aromatic amines is 1. The highest BCUT2D eigenvalue weighted by Crippen LogP contribution is 2.32. The highest BCUT2D eigenvalue weighted by atomic mass is 16.5. The van der Waals surface area contributed by atoms with Gasteiger partial charge in [-0.05, 0) is 48.9 Å². The van der Waals surface area contributed by atoms with E-state index in [2.05, 4.69) is 11.9 Å². The van der Waals surface area contributed by atoms with Crippen LogP contribution in [0.15, 0.2) is 48.5 Å². The monoisotopic (exact) mass is 347 g/mol. The molecule has 1 heterocycles. The van der Waals surface area contributed by atoms with Crippen LogP contribution in [0.1, 0.15) is 45.3 Å². The molecule has 1 N–H and O–H groups in total. The van der Waals surface area contributed by atoms with Crippen LogP contribution in [0.2, 0.25) is 0 Å². The Bertz CT molecular complexity index is 972. The molecule has 1 aliphatic carbocycles. The molecule has 26 heavy (non-hydrogen) atoms. The molecule has 0 radical (unpaired) electrons. The second-order valence-corrected chi connectivity index (χ2v) is 7.06. The van der Waals surface area contributed by atoms with Gasteiger partial charge >= 0.3 is 5.97 Å². The Kier molecular flexibility index (Phi) is 4.33. The summed E-state index contributed by atoms with van der Waals surface area (Å²) in [6.45, 7) is 2.01. The fourth-order valence-electron chi connectivity index (χ4n) is 3.64. The van der Waals surface area contributed by atoms with Gasteiger partial charge in [-0.15, -0.1) is 0 Å². The zero-order chi connectivity index (χ0) is 18.1. The number of aryl methyl sites for hydroxylation is 1. The van der Waals surface area contributed by atoms with Crippen molar-refractivity contribution in [3.8, 4) is 0 Å². The van der Waals surface area contributed by atoms with E-state index in [1.54, 1.807) is 30.3 Å². The van der Waals surface area contributed by atoms with Crippen molar-refractivity contribution in [2.24, 2.45) is 5.92 Å². The van der Waals surface area contributed by atoms with Gasteiger partial charge in [-0.1, -0.05) is 37.3 Å². The second-order valence-electron chi connectivity index (χ2n) is 7.06. The lowest BCUT2D eigenvalue weighted by molar-refractivity contribution is 0.0475. The molecule has 0 fully saturated rings. The number of esters is 1. The Hall–Kier alpha value is -2.88. The molecule has 3 aromatic rings. The highest BCUT2D eigenvalue weighted by Gasteiger charge is 2.21. The predicted molar refractivity (Wildman–Crippen MR) is 101 cm³/mol. The molecule has 1 aliphatic rings. The summed E-state index contributed by atoms with van der Waals surface area (Å²) in [6, 6.07) is 14.4. The first-order chi connectivity index (χ1) is 12.6. The number of Topliss-reactive ketones (excluding diaryl/α,β-unsaturated/α-hetero) is 1. The summed E-state index contributed by atoms with van der Waals surface area (Å²) in [5.74, 6) is -0.0107. The maximum atomic E-state index is 12.4. The van der Waals surface area contributed by atoms with Crippen molar-refractivity contribution in [1.82, 2.24) is 4.98 Å². The maximum Gasteiger partial charge on any atom is 0.338 e. The number of aromatic nitrogens is 1. The van der Waals surface area contributed by atoms with Crippen LogP contribution in [0.4, 0.5) is 0 Å². The van der Waals surface area contributed by atoms with E-state index in [-0.39, 0.29) is 12.4 Å². The van der Waals surface area contributed by atoms with Crippen molar-refractivity contribution in [2.45, 2.75) is 26.2 Å². The summed E-state index contributed by atoms with van der Waals surface area (Å²) in [5, 5.41) is 1.09. The molecule has 0 spiro atoms. The van der Waals surface area contributed by atoms with E-state index in [1.165, 1.54) is 17.7 Å². The number of rotatable bonds is 4. The van der Waals surface area contributed by atoms with Gasteiger partial charge in [0.05, 0.1) is 5.56 Å². The number of hydrogen-bond acceptors (Lipinski definition) is 3. The Balaban J connectivity index is 1.52. The quantitative estimate of drug-likeness (QED) is 0.564. The first-order valence-electron chi connectivity index (χ1n) is 9.00. The smallest absolute Gasteiger partial charge is 0.338 e. The Labute approximate surface area is 152 Å². The van der Waals surface area contributed by atoms with Gasteiger partial charge in [-0.3, -0.25) is 4.79 Å².